The zero-order chi connectivity index (χ0) is 19.9. The number of carbonyl (C=O) groups is 1. The van der Waals surface area contributed by atoms with Crippen molar-refractivity contribution < 1.29 is 22.7 Å². The standard InChI is InChI=1S/C20H27F3N2O2/c1-15(2)13-18(25-9-11-27-12-10-25)14-24-19(26)8-5-16-3-6-17(7-4-16)20(21,22)23/h3-8,15,18H,9-14H2,1-2H3,(H,24,26)/b8-5+. The van der Waals surface area contributed by atoms with E-state index in [1.54, 1.807) is 0 Å². The number of rotatable bonds is 7. The molecule has 0 radical (unpaired) electrons. The molecule has 7 heteroatoms. The molecule has 0 spiro atoms. The minimum absolute atomic E-state index is 0.248. The van der Waals surface area contributed by atoms with Crippen LogP contribution in [0.25, 0.3) is 6.08 Å². The minimum atomic E-state index is -4.36. The van der Waals surface area contributed by atoms with Crippen LogP contribution in [-0.4, -0.2) is 49.7 Å². The monoisotopic (exact) mass is 384 g/mol. The minimum Gasteiger partial charge on any atom is -0.379 e. The van der Waals surface area contributed by atoms with Crippen LogP contribution in [0.3, 0.4) is 0 Å². The first-order chi connectivity index (χ1) is 12.8. The van der Waals surface area contributed by atoms with E-state index in [1.807, 2.05) is 0 Å². The van der Waals surface area contributed by atoms with E-state index in [0.717, 1.165) is 31.6 Å². The molecule has 0 saturated carbocycles. The highest BCUT2D eigenvalue weighted by Crippen LogP contribution is 2.29. The predicted octanol–water partition coefficient (Wildman–Crippen LogP) is 3.58. The number of nitrogens with one attached hydrogen (secondary N) is 1. The average Bonchev–Trinajstić information content (AvgIpc) is 2.63. The molecule has 1 aromatic carbocycles. The highest BCUT2D eigenvalue weighted by molar-refractivity contribution is 5.91. The van der Waals surface area contributed by atoms with Gasteiger partial charge in [0.2, 0.25) is 5.91 Å². The van der Waals surface area contributed by atoms with Gasteiger partial charge in [-0.05, 0) is 36.1 Å². The van der Waals surface area contributed by atoms with Gasteiger partial charge in [0.1, 0.15) is 0 Å². The van der Waals surface area contributed by atoms with Crippen LogP contribution in [0.1, 0.15) is 31.4 Å². The molecule has 1 unspecified atom stereocenters. The second-order valence-corrected chi connectivity index (χ2v) is 7.13. The number of amides is 1. The summed E-state index contributed by atoms with van der Waals surface area (Å²) in [6.07, 6.45) is -0.510. The summed E-state index contributed by atoms with van der Waals surface area (Å²) in [6.45, 7) is 7.96. The van der Waals surface area contributed by atoms with Crippen molar-refractivity contribution in [1.29, 1.82) is 0 Å². The molecular formula is C20H27F3N2O2. The molecule has 1 fully saturated rings. The van der Waals surface area contributed by atoms with Crippen molar-refractivity contribution in [3.05, 3.63) is 41.5 Å². The Morgan fingerprint density at radius 2 is 1.85 bits per heavy atom. The molecular weight excluding hydrogens is 357 g/mol. The summed E-state index contributed by atoms with van der Waals surface area (Å²) in [5.41, 5.74) is -0.156. The van der Waals surface area contributed by atoms with Gasteiger partial charge in [-0.1, -0.05) is 26.0 Å². The van der Waals surface area contributed by atoms with Crippen LogP contribution in [0.5, 0.6) is 0 Å². The van der Waals surface area contributed by atoms with Gasteiger partial charge in [0.25, 0.3) is 0 Å². The number of halogens is 3. The summed E-state index contributed by atoms with van der Waals surface area (Å²) in [7, 11) is 0. The molecule has 1 saturated heterocycles. The zero-order valence-electron chi connectivity index (χ0n) is 15.8. The Hall–Kier alpha value is -1.86. The summed E-state index contributed by atoms with van der Waals surface area (Å²) in [5, 5.41) is 2.90. The van der Waals surface area contributed by atoms with Crippen LogP contribution in [-0.2, 0) is 15.7 Å². The summed E-state index contributed by atoms with van der Waals surface area (Å²) in [5.74, 6) is 0.259. The van der Waals surface area contributed by atoms with E-state index >= 15 is 0 Å². The second kappa shape index (κ2) is 9.90. The van der Waals surface area contributed by atoms with E-state index in [1.165, 1.54) is 24.3 Å². The molecule has 1 aliphatic heterocycles. The lowest BCUT2D eigenvalue weighted by atomic mass is 10.0. The number of morpholine rings is 1. The number of hydrogen-bond donors (Lipinski definition) is 1. The first-order valence-corrected chi connectivity index (χ1v) is 9.20. The number of nitrogens with zero attached hydrogens (tertiary/aromatic N) is 1. The molecule has 2 rings (SSSR count). The molecule has 1 amide bonds. The van der Waals surface area contributed by atoms with Crippen molar-refractivity contribution in [1.82, 2.24) is 10.2 Å². The predicted molar refractivity (Wildman–Crippen MR) is 99.1 cm³/mol. The van der Waals surface area contributed by atoms with Crippen molar-refractivity contribution in [2.45, 2.75) is 32.5 Å². The third-order valence-corrected chi connectivity index (χ3v) is 4.48. The van der Waals surface area contributed by atoms with Crippen LogP contribution in [0, 0.1) is 5.92 Å². The maximum Gasteiger partial charge on any atom is 0.416 e. The van der Waals surface area contributed by atoms with E-state index in [2.05, 4.69) is 24.1 Å². The quantitative estimate of drug-likeness (QED) is 0.731. The summed E-state index contributed by atoms with van der Waals surface area (Å²) in [4.78, 5) is 14.4. The Bertz CT molecular complexity index is 621. The first kappa shape index (κ1) is 21.4. The van der Waals surface area contributed by atoms with Crippen molar-refractivity contribution in [2.24, 2.45) is 5.92 Å². The maximum absolute atomic E-state index is 12.6. The Balaban J connectivity index is 1.88. The van der Waals surface area contributed by atoms with Crippen LogP contribution < -0.4 is 5.32 Å². The fourth-order valence-electron chi connectivity index (χ4n) is 3.08. The van der Waals surface area contributed by atoms with Gasteiger partial charge in [-0.25, -0.2) is 0 Å². The van der Waals surface area contributed by atoms with Gasteiger partial charge in [-0.3, -0.25) is 9.69 Å². The van der Waals surface area contributed by atoms with Gasteiger partial charge in [-0.2, -0.15) is 13.2 Å². The van der Waals surface area contributed by atoms with Crippen molar-refractivity contribution in [3.8, 4) is 0 Å². The number of hydrogen-bond acceptors (Lipinski definition) is 3. The number of carbonyl (C=O) groups excluding carboxylic acids is 1. The highest BCUT2D eigenvalue weighted by atomic mass is 19.4. The second-order valence-electron chi connectivity index (χ2n) is 7.13. The van der Waals surface area contributed by atoms with E-state index in [-0.39, 0.29) is 11.9 Å². The first-order valence-electron chi connectivity index (χ1n) is 9.20. The smallest absolute Gasteiger partial charge is 0.379 e. The Morgan fingerprint density at radius 1 is 1.22 bits per heavy atom. The maximum atomic E-state index is 12.6. The molecule has 0 aliphatic carbocycles. The van der Waals surface area contributed by atoms with E-state index in [9.17, 15) is 18.0 Å². The normalized spacial score (nSPS) is 17.4. The van der Waals surface area contributed by atoms with E-state index in [0.29, 0.717) is 31.2 Å². The molecule has 4 nitrogen and oxygen atoms in total. The molecule has 150 valence electrons. The summed E-state index contributed by atoms with van der Waals surface area (Å²) < 4.78 is 43.1. The largest absolute Gasteiger partial charge is 0.416 e. The van der Waals surface area contributed by atoms with Crippen LogP contribution in [0.15, 0.2) is 30.3 Å². The van der Waals surface area contributed by atoms with Gasteiger partial charge in [0, 0.05) is 31.8 Å². The van der Waals surface area contributed by atoms with Gasteiger partial charge in [-0.15, -0.1) is 0 Å². The fourth-order valence-corrected chi connectivity index (χ4v) is 3.08. The van der Waals surface area contributed by atoms with Gasteiger partial charge >= 0.3 is 6.18 Å². The zero-order valence-corrected chi connectivity index (χ0v) is 15.8. The van der Waals surface area contributed by atoms with Gasteiger partial charge in [0.05, 0.1) is 18.8 Å². The SMILES string of the molecule is CC(C)CC(CNC(=O)/C=C/c1ccc(C(F)(F)F)cc1)N1CCOCC1. The molecule has 1 heterocycles. The van der Waals surface area contributed by atoms with Crippen LogP contribution in [0.4, 0.5) is 13.2 Å². The Kier molecular flexibility index (Phi) is 7.86. The summed E-state index contributed by atoms with van der Waals surface area (Å²) in [6, 6.07) is 4.96. The molecule has 0 bridgehead atoms. The lowest BCUT2D eigenvalue weighted by molar-refractivity contribution is -0.137. The molecule has 0 aromatic heterocycles. The Morgan fingerprint density at radius 3 is 2.41 bits per heavy atom. The third kappa shape index (κ3) is 7.34. The van der Waals surface area contributed by atoms with E-state index < -0.39 is 11.7 Å². The van der Waals surface area contributed by atoms with Gasteiger partial charge in [0.15, 0.2) is 0 Å². The van der Waals surface area contributed by atoms with Crippen molar-refractivity contribution >= 4 is 12.0 Å². The molecule has 1 N–H and O–H groups in total. The number of ether oxygens (including phenoxy) is 1. The summed E-state index contributed by atoms with van der Waals surface area (Å²) >= 11 is 0. The van der Waals surface area contributed by atoms with Crippen LogP contribution in [0.2, 0.25) is 0 Å². The van der Waals surface area contributed by atoms with Crippen molar-refractivity contribution in [2.75, 3.05) is 32.8 Å². The lowest BCUT2D eigenvalue weighted by Gasteiger charge is -2.35. The van der Waals surface area contributed by atoms with Crippen molar-refractivity contribution in [3.63, 3.8) is 0 Å². The number of alkyl halides is 3. The van der Waals surface area contributed by atoms with Crippen LogP contribution >= 0.6 is 0 Å². The molecule has 27 heavy (non-hydrogen) atoms. The average molecular weight is 384 g/mol. The third-order valence-electron chi connectivity index (χ3n) is 4.48. The molecule has 1 aliphatic rings. The number of benzene rings is 1. The Labute approximate surface area is 158 Å². The lowest BCUT2D eigenvalue weighted by Crippen LogP contribution is -2.49. The van der Waals surface area contributed by atoms with E-state index in [4.69, 9.17) is 4.74 Å². The highest BCUT2D eigenvalue weighted by Gasteiger charge is 2.29. The molecule has 1 aromatic rings. The molecule has 1 atom stereocenters. The van der Waals surface area contributed by atoms with Gasteiger partial charge < -0.3 is 10.1 Å². The fraction of sp³-hybridized carbons (Fsp3) is 0.550. The topological polar surface area (TPSA) is 41.6 Å².